The van der Waals surface area contributed by atoms with Gasteiger partial charge in [0.1, 0.15) is 23.1 Å². The molecule has 1 atom stereocenters. The van der Waals surface area contributed by atoms with Crippen molar-refractivity contribution in [1.29, 1.82) is 0 Å². The summed E-state index contributed by atoms with van der Waals surface area (Å²) >= 11 is 0. The van der Waals surface area contributed by atoms with Crippen LogP contribution >= 0.6 is 0 Å². The Balaban J connectivity index is 2.09. The number of fused-ring (bicyclic) bond motifs is 1. The summed E-state index contributed by atoms with van der Waals surface area (Å²) in [6.45, 7) is 12.3. The van der Waals surface area contributed by atoms with E-state index in [2.05, 4.69) is 10.3 Å². The predicted molar refractivity (Wildman–Crippen MR) is 159 cm³/mol. The number of alkyl carbamates (subject to hydrolysis) is 1. The number of ether oxygens (including phenoxy) is 4. The van der Waals surface area contributed by atoms with Crippen LogP contribution in [0.5, 0.6) is 5.88 Å². The van der Waals surface area contributed by atoms with E-state index < -0.39 is 29.4 Å². The second-order valence-electron chi connectivity index (χ2n) is 11.5. The fourth-order valence-electron chi connectivity index (χ4n) is 3.85. The van der Waals surface area contributed by atoms with Gasteiger partial charge < -0.3 is 24.3 Å². The van der Waals surface area contributed by atoms with Crippen molar-refractivity contribution in [2.45, 2.75) is 72.1 Å². The lowest BCUT2D eigenvalue weighted by molar-refractivity contribution is -0.114. The molecule has 0 unspecified atom stereocenters. The van der Waals surface area contributed by atoms with Crippen LogP contribution in [-0.2, 0) is 19.0 Å². The monoisotopic (exact) mass is 580 g/mol. The molecule has 11 heteroatoms. The third-order valence-electron chi connectivity index (χ3n) is 5.64. The van der Waals surface area contributed by atoms with Crippen molar-refractivity contribution in [3.05, 3.63) is 54.5 Å². The SMILES string of the molecule is CCC(=O)/C=C/COC[C@H](NC(=O)OC(C)(C)C)c1nc(-c2cc3ccccc3nc2OC)cn1C(=O)OC(C)(C)C. The first-order valence-corrected chi connectivity index (χ1v) is 13.7. The van der Waals surface area contributed by atoms with Gasteiger partial charge in [-0.15, -0.1) is 0 Å². The van der Waals surface area contributed by atoms with Crippen molar-refractivity contribution in [2.75, 3.05) is 20.3 Å². The zero-order valence-electron chi connectivity index (χ0n) is 25.5. The smallest absolute Gasteiger partial charge is 0.420 e. The fraction of sp³-hybridized carbons (Fsp3) is 0.452. The topological polar surface area (TPSA) is 131 Å². The van der Waals surface area contributed by atoms with E-state index in [1.54, 1.807) is 54.5 Å². The number of amides is 1. The van der Waals surface area contributed by atoms with E-state index in [1.165, 1.54) is 23.9 Å². The molecule has 11 nitrogen and oxygen atoms in total. The Kier molecular flexibility index (Phi) is 10.5. The predicted octanol–water partition coefficient (Wildman–Crippen LogP) is 6.01. The molecular formula is C31H40N4O7. The van der Waals surface area contributed by atoms with Gasteiger partial charge in [-0.25, -0.2) is 24.1 Å². The van der Waals surface area contributed by atoms with Crippen LogP contribution in [0.15, 0.2) is 48.7 Å². The molecule has 2 aromatic heterocycles. The first-order chi connectivity index (χ1) is 19.7. The van der Waals surface area contributed by atoms with Gasteiger partial charge in [0.15, 0.2) is 5.78 Å². The van der Waals surface area contributed by atoms with Gasteiger partial charge in [0, 0.05) is 18.0 Å². The Labute approximate surface area is 246 Å². The third-order valence-corrected chi connectivity index (χ3v) is 5.64. The second kappa shape index (κ2) is 13.6. The van der Waals surface area contributed by atoms with Crippen molar-refractivity contribution < 1.29 is 33.3 Å². The van der Waals surface area contributed by atoms with E-state index in [4.69, 9.17) is 23.9 Å². The van der Waals surface area contributed by atoms with E-state index >= 15 is 0 Å². The number of hydrogen-bond acceptors (Lipinski definition) is 9. The Hall–Kier alpha value is -4.25. The second-order valence-corrected chi connectivity index (χ2v) is 11.5. The summed E-state index contributed by atoms with van der Waals surface area (Å²) in [5.74, 6) is 0.423. The molecule has 0 radical (unpaired) electrons. The summed E-state index contributed by atoms with van der Waals surface area (Å²) in [6.07, 6.45) is 3.50. The van der Waals surface area contributed by atoms with Crippen LogP contribution in [0.25, 0.3) is 22.2 Å². The summed E-state index contributed by atoms with van der Waals surface area (Å²) < 4.78 is 23.7. The molecule has 0 spiro atoms. The first kappa shape index (κ1) is 32.3. The van der Waals surface area contributed by atoms with E-state index in [0.717, 1.165) is 10.9 Å². The largest absolute Gasteiger partial charge is 0.480 e. The lowest BCUT2D eigenvalue weighted by atomic mass is 10.1. The minimum absolute atomic E-state index is 0.0370. The molecule has 0 bridgehead atoms. The van der Waals surface area contributed by atoms with Crippen LogP contribution in [0.4, 0.5) is 9.59 Å². The van der Waals surface area contributed by atoms with E-state index in [0.29, 0.717) is 23.6 Å². The molecule has 3 aromatic rings. The van der Waals surface area contributed by atoms with Crippen LogP contribution in [0.3, 0.4) is 0 Å². The fourth-order valence-corrected chi connectivity index (χ4v) is 3.85. The number of nitrogens with zero attached hydrogens (tertiary/aromatic N) is 3. The van der Waals surface area contributed by atoms with E-state index in [9.17, 15) is 14.4 Å². The van der Waals surface area contributed by atoms with Gasteiger partial charge in [-0.1, -0.05) is 31.2 Å². The van der Waals surface area contributed by atoms with Crippen LogP contribution in [-0.4, -0.2) is 64.0 Å². The summed E-state index contributed by atoms with van der Waals surface area (Å²) in [4.78, 5) is 47.3. The molecule has 0 aliphatic rings. The standard InChI is InChI=1S/C31H40N4O7/c1-9-21(36)14-12-16-40-19-25(34-28(37)41-30(2,3)4)26-32-24(18-35(26)29(38)42-31(5,6)7)22-17-20-13-10-11-15-23(20)33-27(22)39-8/h10-15,17-18,25H,9,16,19H2,1-8H3,(H,34,37)/b14-12+/t25-/m0/s1. The Morgan fingerprint density at radius 3 is 2.36 bits per heavy atom. The Bertz CT molecular complexity index is 1450. The number of benzene rings is 1. The normalized spacial score (nSPS) is 12.8. The van der Waals surface area contributed by atoms with Crippen LogP contribution in [0, 0.1) is 0 Å². The van der Waals surface area contributed by atoms with Crippen molar-refractivity contribution in [2.24, 2.45) is 0 Å². The highest BCUT2D eigenvalue weighted by molar-refractivity contribution is 5.89. The molecule has 42 heavy (non-hydrogen) atoms. The number of para-hydroxylation sites is 1. The number of pyridine rings is 1. The van der Waals surface area contributed by atoms with Gasteiger partial charge >= 0.3 is 12.2 Å². The lowest BCUT2D eigenvalue weighted by Gasteiger charge is -2.24. The Morgan fingerprint density at radius 1 is 1.02 bits per heavy atom. The molecule has 1 amide bonds. The molecule has 3 rings (SSSR count). The summed E-state index contributed by atoms with van der Waals surface area (Å²) in [7, 11) is 1.50. The van der Waals surface area contributed by atoms with E-state index in [-0.39, 0.29) is 24.8 Å². The van der Waals surface area contributed by atoms with Crippen molar-refractivity contribution in [3.8, 4) is 17.1 Å². The minimum Gasteiger partial charge on any atom is -0.480 e. The summed E-state index contributed by atoms with van der Waals surface area (Å²) in [6, 6.07) is 8.49. The van der Waals surface area contributed by atoms with Crippen LogP contribution in [0.1, 0.15) is 66.8 Å². The maximum Gasteiger partial charge on any atom is 0.420 e. The summed E-state index contributed by atoms with van der Waals surface area (Å²) in [5, 5.41) is 3.62. The first-order valence-electron chi connectivity index (χ1n) is 13.7. The number of methoxy groups -OCH3 is 1. The lowest BCUT2D eigenvalue weighted by Crippen LogP contribution is -2.39. The molecule has 1 aromatic carbocycles. The third kappa shape index (κ3) is 9.13. The average Bonchev–Trinajstić information content (AvgIpc) is 3.35. The van der Waals surface area contributed by atoms with Crippen molar-refractivity contribution in [1.82, 2.24) is 19.9 Å². The highest BCUT2D eigenvalue weighted by atomic mass is 16.6. The number of nitrogens with one attached hydrogen (secondary N) is 1. The van der Waals surface area contributed by atoms with Crippen LogP contribution < -0.4 is 10.1 Å². The zero-order chi connectivity index (χ0) is 31.1. The van der Waals surface area contributed by atoms with Gasteiger partial charge in [-0.3, -0.25) is 4.79 Å². The molecule has 0 saturated carbocycles. The molecule has 226 valence electrons. The molecule has 1 N–H and O–H groups in total. The Morgan fingerprint density at radius 2 is 1.71 bits per heavy atom. The van der Waals surface area contributed by atoms with Gasteiger partial charge in [0.2, 0.25) is 5.88 Å². The minimum atomic E-state index is -0.934. The zero-order valence-corrected chi connectivity index (χ0v) is 25.5. The number of hydrogen-bond donors (Lipinski definition) is 1. The van der Waals surface area contributed by atoms with Crippen LogP contribution in [0.2, 0.25) is 0 Å². The molecule has 0 fully saturated rings. The summed E-state index contributed by atoms with van der Waals surface area (Å²) in [5.41, 5.74) is 0.0713. The maximum atomic E-state index is 13.4. The molecule has 0 saturated heterocycles. The number of ketones is 1. The van der Waals surface area contributed by atoms with Gasteiger partial charge in [-0.2, -0.15) is 0 Å². The number of aromatic nitrogens is 3. The molecular weight excluding hydrogens is 540 g/mol. The highest BCUT2D eigenvalue weighted by Gasteiger charge is 2.30. The van der Waals surface area contributed by atoms with Gasteiger partial charge in [0.25, 0.3) is 0 Å². The average molecular weight is 581 g/mol. The molecule has 0 aliphatic heterocycles. The van der Waals surface area contributed by atoms with Gasteiger partial charge in [-0.05, 0) is 59.8 Å². The van der Waals surface area contributed by atoms with E-state index in [1.807, 2.05) is 30.3 Å². The molecule has 2 heterocycles. The number of imidazole rings is 1. The number of allylic oxidation sites excluding steroid dienone is 1. The number of carbonyl (C=O) groups is 3. The maximum absolute atomic E-state index is 13.4. The quantitative estimate of drug-likeness (QED) is 0.226. The highest BCUT2D eigenvalue weighted by Crippen LogP contribution is 2.32. The number of rotatable bonds is 10. The van der Waals surface area contributed by atoms with Gasteiger partial charge in [0.05, 0.1) is 37.1 Å². The van der Waals surface area contributed by atoms with Crippen molar-refractivity contribution >= 4 is 28.9 Å². The van der Waals surface area contributed by atoms with Crippen molar-refractivity contribution in [3.63, 3.8) is 0 Å². The molecule has 0 aliphatic carbocycles. The number of carbonyl (C=O) groups excluding carboxylic acids is 3.